The Hall–Kier alpha value is -2.73. The van der Waals surface area contributed by atoms with Gasteiger partial charge in [-0.25, -0.2) is 4.79 Å². The second-order valence-corrected chi connectivity index (χ2v) is 6.24. The highest BCUT2D eigenvalue weighted by Gasteiger charge is 2.26. The van der Waals surface area contributed by atoms with Crippen LogP contribution in [0.5, 0.6) is 0 Å². The Labute approximate surface area is 162 Å². The van der Waals surface area contributed by atoms with Gasteiger partial charge in [-0.15, -0.1) is 0 Å². The zero-order valence-electron chi connectivity index (χ0n) is 15.8. The number of nitrogens with two attached hydrogens (primary N) is 2. The van der Waals surface area contributed by atoms with E-state index in [-0.39, 0.29) is 12.8 Å². The number of amides is 3. The Balaban J connectivity index is 4.91. The first-order valence-corrected chi connectivity index (χ1v) is 8.86. The second-order valence-electron chi connectivity index (χ2n) is 6.24. The molecule has 0 aromatic heterocycles. The van der Waals surface area contributed by atoms with E-state index < -0.39 is 60.8 Å². The fourth-order valence-electron chi connectivity index (χ4n) is 2.13. The number of hydrogen-bond acceptors (Lipinski definition) is 7. The van der Waals surface area contributed by atoms with Crippen molar-refractivity contribution in [1.82, 2.24) is 16.0 Å². The molecule has 0 heterocycles. The average molecular weight is 403 g/mol. The molecule has 0 bridgehead atoms. The Morgan fingerprint density at radius 3 is 2.07 bits per heavy atom. The Morgan fingerprint density at radius 2 is 1.57 bits per heavy atom. The fraction of sp³-hybridized carbons (Fsp3) is 0.688. The molecular weight excluding hydrogens is 374 g/mol. The van der Waals surface area contributed by atoms with Gasteiger partial charge in [0.2, 0.25) is 17.7 Å². The summed E-state index contributed by atoms with van der Waals surface area (Å²) in [6.07, 6.45) is 0.534. The molecule has 3 unspecified atom stereocenters. The van der Waals surface area contributed by atoms with Gasteiger partial charge in [0.25, 0.3) is 0 Å². The minimum absolute atomic E-state index is 0.196. The fourth-order valence-corrected chi connectivity index (χ4v) is 2.13. The van der Waals surface area contributed by atoms with Crippen molar-refractivity contribution < 1.29 is 34.2 Å². The molecule has 0 radical (unpaired) electrons. The third kappa shape index (κ3) is 11.1. The summed E-state index contributed by atoms with van der Waals surface area (Å²) in [6, 6.07) is -3.27. The third-order valence-corrected chi connectivity index (χ3v) is 3.70. The predicted molar refractivity (Wildman–Crippen MR) is 97.9 cm³/mol. The normalized spacial score (nSPS) is 13.7. The number of carbonyl (C=O) groups is 5. The Kier molecular flexibility index (Phi) is 12.1. The number of carboxylic acid groups (broad SMARTS) is 2. The molecule has 0 saturated heterocycles. The van der Waals surface area contributed by atoms with Gasteiger partial charge in [0.15, 0.2) is 0 Å². The summed E-state index contributed by atoms with van der Waals surface area (Å²) in [5, 5.41) is 24.8. The van der Waals surface area contributed by atoms with Crippen LogP contribution in [0.1, 0.15) is 39.0 Å². The highest BCUT2D eigenvalue weighted by atomic mass is 16.4. The van der Waals surface area contributed by atoms with E-state index in [0.29, 0.717) is 19.4 Å². The van der Waals surface area contributed by atoms with Crippen LogP contribution in [-0.4, -0.2) is 71.1 Å². The van der Waals surface area contributed by atoms with Crippen molar-refractivity contribution in [1.29, 1.82) is 0 Å². The monoisotopic (exact) mass is 403 g/mol. The Morgan fingerprint density at radius 1 is 0.929 bits per heavy atom. The lowest BCUT2D eigenvalue weighted by molar-refractivity contribution is -0.143. The standard InChI is InChI=1S/C16H29N5O7/c1-9(18)14(25)19-8-12(22)20-10(4-2-3-7-17)15(26)21-11(16(27)28)5-6-13(23)24/h9-11H,2-8,17-18H2,1H3,(H,19,25)(H,20,22)(H,21,26)(H,23,24)(H,27,28). The molecule has 0 spiro atoms. The molecule has 0 aromatic carbocycles. The minimum atomic E-state index is -1.41. The summed E-state index contributed by atoms with van der Waals surface area (Å²) in [4.78, 5) is 57.6. The molecule has 0 aromatic rings. The van der Waals surface area contributed by atoms with Gasteiger partial charge in [-0.05, 0) is 39.2 Å². The van der Waals surface area contributed by atoms with E-state index >= 15 is 0 Å². The van der Waals surface area contributed by atoms with Crippen molar-refractivity contribution in [3.63, 3.8) is 0 Å². The number of carbonyl (C=O) groups excluding carboxylic acids is 3. The van der Waals surface area contributed by atoms with Crippen LogP contribution < -0.4 is 27.4 Å². The molecule has 3 amide bonds. The maximum atomic E-state index is 12.4. The topological polar surface area (TPSA) is 214 Å². The first-order chi connectivity index (χ1) is 13.1. The third-order valence-electron chi connectivity index (χ3n) is 3.70. The zero-order valence-corrected chi connectivity index (χ0v) is 15.8. The average Bonchev–Trinajstić information content (AvgIpc) is 2.61. The van der Waals surface area contributed by atoms with Crippen LogP contribution in [0.25, 0.3) is 0 Å². The van der Waals surface area contributed by atoms with Crippen molar-refractivity contribution in [2.24, 2.45) is 11.5 Å². The summed E-state index contributed by atoms with van der Waals surface area (Å²) in [5.74, 6) is -4.54. The van der Waals surface area contributed by atoms with Gasteiger partial charge in [0, 0.05) is 6.42 Å². The van der Waals surface area contributed by atoms with Crippen LogP contribution in [0.3, 0.4) is 0 Å². The predicted octanol–water partition coefficient (Wildman–Crippen LogP) is -2.50. The number of hydrogen-bond donors (Lipinski definition) is 7. The summed E-state index contributed by atoms with van der Waals surface area (Å²) in [7, 11) is 0. The van der Waals surface area contributed by atoms with Gasteiger partial charge in [-0.2, -0.15) is 0 Å². The van der Waals surface area contributed by atoms with Crippen molar-refractivity contribution in [2.45, 2.75) is 57.2 Å². The first kappa shape index (κ1) is 25.3. The molecule has 0 aliphatic carbocycles. The van der Waals surface area contributed by atoms with Crippen molar-refractivity contribution >= 4 is 29.7 Å². The lowest BCUT2D eigenvalue weighted by atomic mass is 10.1. The molecule has 0 aliphatic heterocycles. The number of aliphatic carboxylic acids is 2. The van der Waals surface area contributed by atoms with Gasteiger partial charge in [0.05, 0.1) is 12.6 Å². The maximum absolute atomic E-state index is 12.4. The summed E-state index contributed by atoms with van der Waals surface area (Å²) in [6.45, 7) is 1.42. The van der Waals surface area contributed by atoms with Crippen LogP contribution in [0.2, 0.25) is 0 Å². The largest absolute Gasteiger partial charge is 0.481 e. The van der Waals surface area contributed by atoms with E-state index in [1.165, 1.54) is 6.92 Å². The quantitative estimate of drug-likeness (QED) is 0.152. The zero-order chi connectivity index (χ0) is 21.7. The van der Waals surface area contributed by atoms with E-state index in [0.717, 1.165) is 0 Å². The number of nitrogens with one attached hydrogen (secondary N) is 3. The Bertz CT molecular complexity index is 568. The van der Waals surface area contributed by atoms with Gasteiger partial charge < -0.3 is 37.6 Å². The molecule has 9 N–H and O–H groups in total. The maximum Gasteiger partial charge on any atom is 0.326 e. The smallest absolute Gasteiger partial charge is 0.326 e. The molecule has 3 atom stereocenters. The summed E-state index contributed by atoms with van der Waals surface area (Å²) >= 11 is 0. The number of carboxylic acids is 2. The molecule has 12 nitrogen and oxygen atoms in total. The van der Waals surface area contributed by atoms with Crippen molar-refractivity contribution in [3.8, 4) is 0 Å². The summed E-state index contributed by atoms with van der Waals surface area (Å²) in [5.41, 5.74) is 10.8. The molecule has 0 fully saturated rings. The molecule has 28 heavy (non-hydrogen) atoms. The lowest BCUT2D eigenvalue weighted by Gasteiger charge is -2.21. The van der Waals surface area contributed by atoms with Crippen LogP contribution in [0, 0.1) is 0 Å². The van der Waals surface area contributed by atoms with Crippen LogP contribution in [-0.2, 0) is 24.0 Å². The highest BCUT2D eigenvalue weighted by Crippen LogP contribution is 2.04. The minimum Gasteiger partial charge on any atom is -0.481 e. The van der Waals surface area contributed by atoms with Crippen LogP contribution >= 0.6 is 0 Å². The van der Waals surface area contributed by atoms with Gasteiger partial charge in [-0.1, -0.05) is 0 Å². The lowest BCUT2D eigenvalue weighted by Crippen LogP contribution is -2.53. The van der Waals surface area contributed by atoms with E-state index in [1.54, 1.807) is 0 Å². The molecule has 0 saturated carbocycles. The summed E-state index contributed by atoms with van der Waals surface area (Å²) < 4.78 is 0. The van der Waals surface area contributed by atoms with Gasteiger partial charge in [0.1, 0.15) is 12.1 Å². The van der Waals surface area contributed by atoms with Crippen molar-refractivity contribution in [3.05, 3.63) is 0 Å². The van der Waals surface area contributed by atoms with Gasteiger partial charge in [-0.3, -0.25) is 19.2 Å². The van der Waals surface area contributed by atoms with Gasteiger partial charge >= 0.3 is 11.9 Å². The molecule has 0 aliphatic rings. The first-order valence-electron chi connectivity index (χ1n) is 8.86. The van der Waals surface area contributed by atoms with Crippen LogP contribution in [0.4, 0.5) is 0 Å². The second kappa shape index (κ2) is 13.4. The SMILES string of the molecule is CC(N)C(=O)NCC(=O)NC(CCCCN)C(=O)NC(CCC(=O)O)C(=O)O. The number of unbranched alkanes of at least 4 members (excludes halogenated alkanes) is 1. The highest BCUT2D eigenvalue weighted by molar-refractivity contribution is 5.92. The number of rotatable bonds is 14. The van der Waals surface area contributed by atoms with E-state index in [1.807, 2.05) is 0 Å². The van der Waals surface area contributed by atoms with Crippen LogP contribution in [0.15, 0.2) is 0 Å². The van der Waals surface area contributed by atoms with Crippen molar-refractivity contribution in [2.75, 3.05) is 13.1 Å². The molecule has 0 rings (SSSR count). The molecular formula is C16H29N5O7. The van der Waals surface area contributed by atoms with E-state index in [2.05, 4.69) is 16.0 Å². The van der Waals surface area contributed by atoms with E-state index in [4.69, 9.17) is 21.7 Å². The molecule has 12 heteroatoms. The molecule has 160 valence electrons. The van der Waals surface area contributed by atoms with E-state index in [9.17, 15) is 24.0 Å².